The molecule has 0 spiro atoms. The van der Waals surface area contributed by atoms with Gasteiger partial charge in [0, 0.05) is 16.0 Å². The third-order valence-electron chi connectivity index (χ3n) is 7.53. The van der Waals surface area contributed by atoms with Crippen LogP contribution in [0.3, 0.4) is 0 Å². The first-order chi connectivity index (χ1) is 21.8. The fraction of sp³-hybridized carbons (Fsp3) is 0.182. The summed E-state index contributed by atoms with van der Waals surface area (Å²) in [6, 6.07) is 21.6. The lowest BCUT2D eigenvalue weighted by Crippen LogP contribution is -2.41. The van der Waals surface area contributed by atoms with Crippen molar-refractivity contribution in [3.63, 3.8) is 0 Å². The molecule has 0 aliphatic heterocycles. The average molecular weight is 625 g/mol. The molecule has 0 saturated carbocycles. The SMILES string of the molecule is CCc1cc2c(=O)n(CC(=O)c3ccc(OC)c(OC)c3)c(=O)n(Cc3ccc(-c4ccccc4-c4noc(=O)[nH]4)cc3)c2s1. The summed E-state index contributed by atoms with van der Waals surface area (Å²) >= 11 is 1.40. The number of benzene rings is 3. The standard InChI is InChI=1S/C33H28N4O7S/c1-4-22-16-25-30(39)36(18-26(38)21-13-14-27(42-2)28(15-21)43-3)33(41)37(31(25)45-22)17-19-9-11-20(12-10-19)23-7-5-6-8-24(23)29-34-32(40)44-35-29/h5-16H,4,17-18H2,1-3H3,(H,34,35,40). The van der Waals surface area contributed by atoms with E-state index >= 15 is 0 Å². The number of aromatic amines is 1. The second-order valence-electron chi connectivity index (χ2n) is 10.2. The first-order valence-electron chi connectivity index (χ1n) is 14.1. The van der Waals surface area contributed by atoms with Crippen molar-refractivity contribution in [3.05, 3.63) is 120 Å². The molecule has 6 aromatic rings. The lowest BCUT2D eigenvalue weighted by molar-refractivity contribution is 0.0968. The van der Waals surface area contributed by atoms with Gasteiger partial charge in [0.15, 0.2) is 23.1 Å². The topological polar surface area (TPSA) is 138 Å². The molecule has 1 N–H and O–H groups in total. The van der Waals surface area contributed by atoms with Crippen LogP contribution in [0.5, 0.6) is 11.5 Å². The van der Waals surface area contributed by atoms with Crippen LogP contribution in [0.15, 0.2) is 91.7 Å². The Bertz CT molecular complexity index is 2220. The number of hydrogen-bond donors (Lipinski definition) is 1. The second-order valence-corrected chi connectivity index (χ2v) is 11.3. The number of hydrogen-bond acceptors (Lipinski definition) is 9. The number of ether oxygens (including phenoxy) is 2. The largest absolute Gasteiger partial charge is 0.493 e. The number of nitrogens with zero attached hydrogens (tertiary/aromatic N) is 3. The molecular formula is C33H28N4O7S. The van der Waals surface area contributed by atoms with E-state index in [0.29, 0.717) is 39.5 Å². The zero-order valence-electron chi connectivity index (χ0n) is 24.7. The van der Waals surface area contributed by atoms with Gasteiger partial charge in [-0.2, -0.15) is 0 Å². The van der Waals surface area contributed by atoms with Gasteiger partial charge in [-0.15, -0.1) is 11.3 Å². The molecule has 228 valence electrons. The van der Waals surface area contributed by atoms with E-state index in [9.17, 15) is 19.2 Å². The number of fused-ring (bicyclic) bond motifs is 1. The second kappa shape index (κ2) is 12.2. The highest BCUT2D eigenvalue weighted by atomic mass is 32.1. The number of Topliss-reactive ketones (excluding diaryl/α,β-unsaturated/α-hetero) is 1. The number of rotatable bonds is 10. The third-order valence-corrected chi connectivity index (χ3v) is 8.83. The van der Waals surface area contributed by atoms with Crippen molar-refractivity contribution < 1.29 is 18.8 Å². The highest BCUT2D eigenvalue weighted by molar-refractivity contribution is 7.18. The van der Waals surface area contributed by atoms with Crippen molar-refractivity contribution in [3.8, 4) is 34.0 Å². The average Bonchev–Trinajstić information content (AvgIpc) is 3.71. The Balaban J connectivity index is 1.37. The molecule has 0 aliphatic carbocycles. The number of carbonyl (C=O) groups excluding carboxylic acids is 1. The van der Waals surface area contributed by atoms with Gasteiger partial charge in [0.2, 0.25) is 0 Å². The van der Waals surface area contributed by atoms with Crippen LogP contribution in [0.2, 0.25) is 0 Å². The number of nitrogens with one attached hydrogen (secondary N) is 1. The van der Waals surface area contributed by atoms with Gasteiger partial charge >= 0.3 is 11.4 Å². The molecule has 45 heavy (non-hydrogen) atoms. The lowest BCUT2D eigenvalue weighted by atomic mass is 9.98. The summed E-state index contributed by atoms with van der Waals surface area (Å²) in [4.78, 5) is 56.4. The minimum Gasteiger partial charge on any atom is -0.493 e. The summed E-state index contributed by atoms with van der Waals surface area (Å²) in [6.07, 6.45) is 0.697. The quantitative estimate of drug-likeness (QED) is 0.216. The van der Waals surface area contributed by atoms with E-state index in [4.69, 9.17) is 9.47 Å². The molecule has 0 amide bonds. The molecule has 6 rings (SSSR count). The van der Waals surface area contributed by atoms with Crippen LogP contribution in [0, 0.1) is 0 Å². The maximum absolute atomic E-state index is 13.9. The molecular weight excluding hydrogens is 596 g/mol. The maximum atomic E-state index is 13.9. The number of ketones is 1. The zero-order chi connectivity index (χ0) is 31.7. The van der Waals surface area contributed by atoms with Crippen molar-refractivity contribution >= 4 is 27.3 Å². The molecule has 0 saturated heterocycles. The Kier molecular flexibility index (Phi) is 8.05. The predicted octanol–water partition coefficient (Wildman–Crippen LogP) is 4.75. The van der Waals surface area contributed by atoms with E-state index in [2.05, 4.69) is 14.7 Å². The lowest BCUT2D eigenvalue weighted by Gasteiger charge is -2.13. The Morgan fingerprint density at radius 3 is 2.31 bits per heavy atom. The van der Waals surface area contributed by atoms with Gasteiger partial charge in [0.25, 0.3) is 5.56 Å². The molecule has 0 radical (unpaired) electrons. The molecule has 11 nitrogen and oxygen atoms in total. The van der Waals surface area contributed by atoms with Crippen molar-refractivity contribution in [2.24, 2.45) is 0 Å². The Labute approximate surface area is 259 Å². The monoisotopic (exact) mass is 624 g/mol. The Morgan fingerprint density at radius 1 is 0.911 bits per heavy atom. The van der Waals surface area contributed by atoms with Crippen LogP contribution in [-0.2, 0) is 19.5 Å². The van der Waals surface area contributed by atoms with E-state index in [1.165, 1.54) is 31.6 Å². The summed E-state index contributed by atoms with van der Waals surface area (Å²) in [6.45, 7) is 1.74. The summed E-state index contributed by atoms with van der Waals surface area (Å²) in [5, 5.41) is 4.21. The molecule has 3 aromatic carbocycles. The van der Waals surface area contributed by atoms with Gasteiger partial charge in [-0.1, -0.05) is 60.6 Å². The van der Waals surface area contributed by atoms with Gasteiger partial charge in [0.1, 0.15) is 4.83 Å². The maximum Gasteiger partial charge on any atom is 0.439 e. The molecule has 3 heterocycles. The number of methoxy groups -OCH3 is 2. The highest BCUT2D eigenvalue weighted by Crippen LogP contribution is 2.31. The minimum atomic E-state index is -0.640. The fourth-order valence-electron chi connectivity index (χ4n) is 5.21. The number of thiophene rings is 1. The Hall–Kier alpha value is -5.49. The first-order valence-corrected chi connectivity index (χ1v) is 14.9. The van der Waals surface area contributed by atoms with E-state index in [0.717, 1.165) is 26.1 Å². The van der Waals surface area contributed by atoms with Crippen molar-refractivity contribution in [1.82, 2.24) is 19.3 Å². The van der Waals surface area contributed by atoms with Gasteiger partial charge in [-0.05, 0) is 47.4 Å². The summed E-state index contributed by atoms with van der Waals surface area (Å²) in [5.41, 5.74) is 2.43. The number of carbonyl (C=O) groups is 1. The normalized spacial score (nSPS) is 11.2. The molecule has 0 aliphatic rings. The fourth-order valence-corrected chi connectivity index (χ4v) is 6.29. The van der Waals surface area contributed by atoms with Crippen LogP contribution in [-0.4, -0.2) is 39.3 Å². The van der Waals surface area contributed by atoms with Gasteiger partial charge < -0.3 is 9.47 Å². The number of aryl methyl sites for hydroxylation is 1. The van der Waals surface area contributed by atoms with Gasteiger partial charge in [-0.25, -0.2) is 9.59 Å². The van der Waals surface area contributed by atoms with Crippen LogP contribution in [0.4, 0.5) is 0 Å². The summed E-state index contributed by atoms with van der Waals surface area (Å²) in [5.74, 6) is 0.0993. The third kappa shape index (κ3) is 5.63. The van der Waals surface area contributed by atoms with E-state index in [-0.39, 0.29) is 12.1 Å². The number of aromatic nitrogens is 4. The van der Waals surface area contributed by atoms with E-state index < -0.39 is 29.3 Å². The van der Waals surface area contributed by atoms with Crippen LogP contribution >= 0.6 is 11.3 Å². The molecule has 0 fully saturated rings. The van der Waals surface area contributed by atoms with Crippen molar-refractivity contribution in [2.75, 3.05) is 14.2 Å². The van der Waals surface area contributed by atoms with Gasteiger partial charge in [-0.3, -0.25) is 28.2 Å². The van der Waals surface area contributed by atoms with E-state index in [1.807, 2.05) is 55.5 Å². The summed E-state index contributed by atoms with van der Waals surface area (Å²) in [7, 11) is 2.96. The molecule has 0 bridgehead atoms. The predicted molar refractivity (Wildman–Crippen MR) is 171 cm³/mol. The smallest absolute Gasteiger partial charge is 0.439 e. The highest BCUT2D eigenvalue weighted by Gasteiger charge is 2.20. The van der Waals surface area contributed by atoms with Gasteiger partial charge in [0.05, 0.1) is 32.7 Å². The Morgan fingerprint density at radius 2 is 1.64 bits per heavy atom. The van der Waals surface area contributed by atoms with E-state index in [1.54, 1.807) is 22.8 Å². The molecule has 0 atom stereocenters. The van der Waals surface area contributed by atoms with Crippen molar-refractivity contribution in [1.29, 1.82) is 0 Å². The van der Waals surface area contributed by atoms with Crippen LogP contribution in [0.25, 0.3) is 32.7 Å². The van der Waals surface area contributed by atoms with Crippen LogP contribution < -0.4 is 26.5 Å². The minimum absolute atomic E-state index is 0.183. The van der Waals surface area contributed by atoms with Crippen LogP contribution in [0.1, 0.15) is 27.7 Å². The summed E-state index contributed by atoms with van der Waals surface area (Å²) < 4.78 is 17.8. The molecule has 3 aromatic heterocycles. The van der Waals surface area contributed by atoms with Crippen molar-refractivity contribution in [2.45, 2.75) is 26.4 Å². The molecule has 12 heteroatoms. The zero-order valence-corrected chi connectivity index (χ0v) is 25.5. The first kappa shape index (κ1) is 29.6. The number of H-pyrrole nitrogens is 1. The molecule has 0 unspecified atom stereocenters.